The maximum atomic E-state index is 12.3. The number of carbonyl (C=O) groups excluding carboxylic acids is 1. The fourth-order valence-electron chi connectivity index (χ4n) is 2.17. The molecule has 0 saturated carbocycles. The zero-order valence-electron chi connectivity index (χ0n) is 11.6. The molecule has 0 aliphatic carbocycles. The minimum absolute atomic E-state index is 0.0627. The van der Waals surface area contributed by atoms with Gasteiger partial charge in [0.2, 0.25) is 5.88 Å². The second-order valence-corrected chi connectivity index (χ2v) is 4.72. The standard InChI is InChI=1S/C17H14N2O2/c1-21-17-7-4-12(11-19-17)9-16(20)14-5-6-15-13(10-14)3-2-8-18-15/h2-8,10-11H,9H2,1H3. The Labute approximate surface area is 122 Å². The van der Waals surface area contributed by atoms with Gasteiger partial charge in [0.1, 0.15) is 0 Å². The lowest BCUT2D eigenvalue weighted by Crippen LogP contribution is -2.04. The van der Waals surface area contributed by atoms with Gasteiger partial charge in [0.25, 0.3) is 0 Å². The number of ether oxygens (including phenoxy) is 1. The topological polar surface area (TPSA) is 52.1 Å². The van der Waals surface area contributed by atoms with E-state index in [1.54, 1.807) is 25.6 Å². The van der Waals surface area contributed by atoms with Crippen LogP contribution in [-0.4, -0.2) is 22.9 Å². The van der Waals surface area contributed by atoms with Crippen LogP contribution in [0.4, 0.5) is 0 Å². The number of pyridine rings is 2. The van der Waals surface area contributed by atoms with Gasteiger partial charge in [-0.1, -0.05) is 12.1 Å². The minimum atomic E-state index is 0.0627. The van der Waals surface area contributed by atoms with E-state index in [1.807, 2.05) is 36.4 Å². The van der Waals surface area contributed by atoms with Crippen molar-refractivity contribution in [3.05, 3.63) is 66.0 Å². The lowest BCUT2D eigenvalue weighted by atomic mass is 10.0. The van der Waals surface area contributed by atoms with Gasteiger partial charge in [-0.15, -0.1) is 0 Å². The molecule has 0 aliphatic rings. The molecule has 0 spiro atoms. The van der Waals surface area contributed by atoms with E-state index >= 15 is 0 Å². The summed E-state index contributed by atoms with van der Waals surface area (Å²) in [4.78, 5) is 20.7. The minimum Gasteiger partial charge on any atom is -0.481 e. The molecule has 2 heterocycles. The van der Waals surface area contributed by atoms with E-state index in [0.717, 1.165) is 16.5 Å². The maximum Gasteiger partial charge on any atom is 0.212 e. The van der Waals surface area contributed by atoms with E-state index in [-0.39, 0.29) is 5.78 Å². The summed E-state index contributed by atoms with van der Waals surface area (Å²) >= 11 is 0. The van der Waals surface area contributed by atoms with Crippen molar-refractivity contribution in [1.29, 1.82) is 0 Å². The maximum absolute atomic E-state index is 12.3. The smallest absolute Gasteiger partial charge is 0.212 e. The van der Waals surface area contributed by atoms with Crippen LogP contribution in [0.5, 0.6) is 5.88 Å². The number of benzene rings is 1. The number of ketones is 1. The lowest BCUT2D eigenvalue weighted by molar-refractivity contribution is 0.0993. The molecule has 1 aromatic carbocycles. The highest BCUT2D eigenvalue weighted by Gasteiger charge is 2.08. The Morgan fingerprint density at radius 2 is 2.05 bits per heavy atom. The van der Waals surface area contributed by atoms with Gasteiger partial charge < -0.3 is 4.74 Å². The largest absolute Gasteiger partial charge is 0.481 e. The van der Waals surface area contributed by atoms with Crippen LogP contribution in [-0.2, 0) is 6.42 Å². The number of carbonyl (C=O) groups is 1. The van der Waals surface area contributed by atoms with Crippen LogP contribution in [0.15, 0.2) is 54.9 Å². The average Bonchev–Trinajstić information content (AvgIpc) is 2.55. The Morgan fingerprint density at radius 1 is 1.14 bits per heavy atom. The summed E-state index contributed by atoms with van der Waals surface area (Å²) in [6.07, 6.45) is 3.73. The van der Waals surface area contributed by atoms with Gasteiger partial charge in [-0.2, -0.15) is 0 Å². The highest BCUT2D eigenvalue weighted by molar-refractivity contribution is 6.00. The average molecular weight is 278 g/mol. The van der Waals surface area contributed by atoms with Gasteiger partial charge in [0, 0.05) is 35.8 Å². The molecule has 0 fully saturated rings. The zero-order chi connectivity index (χ0) is 14.7. The summed E-state index contributed by atoms with van der Waals surface area (Å²) < 4.78 is 5.00. The number of hydrogen-bond acceptors (Lipinski definition) is 4. The van der Waals surface area contributed by atoms with Crippen LogP contribution in [0.2, 0.25) is 0 Å². The predicted octanol–water partition coefficient (Wildman–Crippen LogP) is 3.06. The highest BCUT2D eigenvalue weighted by atomic mass is 16.5. The van der Waals surface area contributed by atoms with Crippen LogP contribution in [0.3, 0.4) is 0 Å². The summed E-state index contributed by atoms with van der Waals surface area (Å²) in [6, 6.07) is 13.0. The first-order chi connectivity index (χ1) is 10.3. The molecule has 21 heavy (non-hydrogen) atoms. The number of hydrogen-bond donors (Lipinski definition) is 0. The first kappa shape index (κ1) is 13.2. The molecule has 0 atom stereocenters. The third-order valence-electron chi connectivity index (χ3n) is 3.30. The van der Waals surface area contributed by atoms with Crippen molar-refractivity contribution in [2.45, 2.75) is 6.42 Å². The summed E-state index contributed by atoms with van der Waals surface area (Å²) in [5, 5.41) is 0.969. The van der Waals surface area contributed by atoms with Crippen molar-refractivity contribution in [1.82, 2.24) is 9.97 Å². The molecular formula is C17H14N2O2. The van der Waals surface area contributed by atoms with Gasteiger partial charge in [0.15, 0.2) is 5.78 Å². The van der Waals surface area contributed by atoms with Gasteiger partial charge in [-0.05, 0) is 29.8 Å². The molecule has 0 amide bonds. The van der Waals surface area contributed by atoms with E-state index in [4.69, 9.17) is 4.74 Å². The van der Waals surface area contributed by atoms with Gasteiger partial charge in [-0.25, -0.2) is 4.98 Å². The molecule has 3 aromatic rings. The second kappa shape index (κ2) is 5.71. The van der Waals surface area contributed by atoms with Gasteiger partial charge in [-0.3, -0.25) is 9.78 Å². The molecule has 0 unspecified atom stereocenters. The third kappa shape index (κ3) is 2.89. The summed E-state index contributed by atoms with van der Waals surface area (Å²) in [5.74, 6) is 0.607. The van der Waals surface area contributed by atoms with E-state index in [0.29, 0.717) is 17.9 Å². The number of rotatable bonds is 4. The summed E-state index contributed by atoms with van der Waals surface area (Å²) in [7, 11) is 1.57. The lowest BCUT2D eigenvalue weighted by Gasteiger charge is -2.04. The molecule has 3 rings (SSSR count). The first-order valence-electron chi connectivity index (χ1n) is 6.63. The van der Waals surface area contributed by atoms with Crippen molar-refractivity contribution in [2.75, 3.05) is 7.11 Å². The molecule has 0 radical (unpaired) electrons. The number of nitrogens with zero attached hydrogens (tertiary/aromatic N) is 2. The number of aromatic nitrogens is 2. The van der Waals surface area contributed by atoms with E-state index < -0.39 is 0 Å². The van der Waals surface area contributed by atoms with Crippen molar-refractivity contribution in [2.24, 2.45) is 0 Å². The second-order valence-electron chi connectivity index (χ2n) is 4.72. The van der Waals surface area contributed by atoms with Crippen molar-refractivity contribution in [3.63, 3.8) is 0 Å². The van der Waals surface area contributed by atoms with Crippen molar-refractivity contribution in [3.8, 4) is 5.88 Å². The molecule has 2 aromatic heterocycles. The zero-order valence-corrected chi connectivity index (χ0v) is 11.6. The monoisotopic (exact) mass is 278 g/mol. The molecular weight excluding hydrogens is 264 g/mol. The number of fused-ring (bicyclic) bond motifs is 1. The quantitative estimate of drug-likeness (QED) is 0.688. The fraction of sp³-hybridized carbons (Fsp3) is 0.118. The van der Waals surface area contributed by atoms with Crippen LogP contribution >= 0.6 is 0 Å². The normalized spacial score (nSPS) is 10.5. The Bertz CT molecular complexity index is 782. The molecule has 0 aliphatic heterocycles. The van der Waals surface area contributed by atoms with Gasteiger partial charge >= 0.3 is 0 Å². The first-order valence-corrected chi connectivity index (χ1v) is 6.63. The number of Topliss-reactive ketones (excluding diaryl/α,β-unsaturated/α-hetero) is 1. The Kier molecular flexibility index (Phi) is 3.60. The Morgan fingerprint density at radius 3 is 2.81 bits per heavy atom. The molecule has 0 saturated heterocycles. The number of methoxy groups -OCH3 is 1. The Hall–Kier alpha value is -2.75. The van der Waals surface area contributed by atoms with Crippen LogP contribution < -0.4 is 4.74 Å². The molecule has 0 N–H and O–H groups in total. The summed E-state index contributed by atoms with van der Waals surface area (Å²) in [6.45, 7) is 0. The van der Waals surface area contributed by atoms with Gasteiger partial charge in [0.05, 0.1) is 12.6 Å². The third-order valence-corrected chi connectivity index (χ3v) is 3.30. The Balaban J connectivity index is 1.82. The van der Waals surface area contributed by atoms with E-state index in [9.17, 15) is 4.79 Å². The van der Waals surface area contributed by atoms with Crippen molar-refractivity contribution >= 4 is 16.7 Å². The fourth-order valence-corrected chi connectivity index (χ4v) is 2.17. The molecule has 104 valence electrons. The SMILES string of the molecule is COc1ccc(CC(=O)c2ccc3ncccc3c2)cn1. The summed E-state index contributed by atoms with van der Waals surface area (Å²) in [5.41, 5.74) is 2.44. The molecule has 0 bridgehead atoms. The molecule has 4 heteroatoms. The van der Waals surface area contributed by atoms with Crippen LogP contribution in [0.1, 0.15) is 15.9 Å². The highest BCUT2D eigenvalue weighted by Crippen LogP contribution is 2.16. The van der Waals surface area contributed by atoms with Crippen molar-refractivity contribution < 1.29 is 9.53 Å². The van der Waals surface area contributed by atoms with E-state index in [1.165, 1.54) is 0 Å². The van der Waals surface area contributed by atoms with Crippen LogP contribution in [0, 0.1) is 0 Å². The van der Waals surface area contributed by atoms with E-state index in [2.05, 4.69) is 9.97 Å². The predicted molar refractivity (Wildman–Crippen MR) is 80.6 cm³/mol. The van der Waals surface area contributed by atoms with Crippen LogP contribution in [0.25, 0.3) is 10.9 Å². The molecule has 4 nitrogen and oxygen atoms in total.